The van der Waals surface area contributed by atoms with Crippen LogP contribution in [0.1, 0.15) is 0 Å². The molecule has 27 heavy (non-hydrogen) atoms. The molecule has 0 aliphatic rings. The molecule has 0 atom stereocenters. The summed E-state index contributed by atoms with van der Waals surface area (Å²) in [6.45, 7) is 0. The Hall–Kier alpha value is -3.76. The molecular formula is C16H9F3N4O4. The Morgan fingerprint density at radius 1 is 1.19 bits per heavy atom. The van der Waals surface area contributed by atoms with Crippen molar-refractivity contribution >= 4 is 28.3 Å². The van der Waals surface area contributed by atoms with Crippen LogP contribution in [-0.4, -0.2) is 27.0 Å². The summed E-state index contributed by atoms with van der Waals surface area (Å²) in [6, 6.07) is 9.06. The number of nitrogens with zero attached hydrogens (tertiary/aromatic N) is 2. The van der Waals surface area contributed by atoms with Gasteiger partial charge in [-0.1, -0.05) is 12.1 Å². The summed E-state index contributed by atoms with van der Waals surface area (Å²) >= 11 is 0. The van der Waals surface area contributed by atoms with Crippen LogP contribution in [0.5, 0.6) is 0 Å². The standard InChI is InChI=1S/C16H9F3N4O4/c17-16(18,19)15(25)22-10-6-5-8(23(26)27)7-9(10)13-14(24)21-12-4-2-1-3-11(12)20-13/h1-7H,(H,21,24)(H,22,25). The van der Waals surface area contributed by atoms with E-state index in [4.69, 9.17) is 0 Å². The van der Waals surface area contributed by atoms with E-state index in [2.05, 4.69) is 9.97 Å². The van der Waals surface area contributed by atoms with E-state index in [0.29, 0.717) is 11.0 Å². The predicted octanol–water partition coefficient (Wildman–Crippen LogP) is 3.00. The lowest BCUT2D eigenvalue weighted by molar-refractivity contribution is -0.384. The summed E-state index contributed by atoms with van der Waals surface area (Å²) in [5.74, 6) is -2.28. The van der Waals surface area contributed by atoms with Crippen LogP contribution in [0.4, 0.5) is 24.5 Å². The van der Waals surface area contributed by atoms with Gasteiger partial charge in [-0.3, -0.25) is 19.7 Å². The van der Waals surface area contributed by atoms with Crippen LogP contribution in [0.15, 0.2) is 47.3 Å². The fourth-order valence-corrected chi connectivity index (χ4v) is 2.36. The number of fused-ring (bicyclic) bond motifs is 1. The lowest BCUT2D eigenvalue weighted by Crippen LogP contribution is -2.30. The van der Waals surface area contributed by atoms with E-state index in [1.165, 1.54) is 0 Å². The monoisotopic (exact) mass is 378 g/mol. The SMILES string of the molecule is O=C(Nc1ccc([N+](=O)[O-])cc1-c1nc2ccccc2[nH]c1=O)C(F)(F)F. The molecule has 1 aromatic heterocycles. The summed E-state index contributed by atoms with van der Waals surface area (Å²) in [4.78, 5) is 40.4. The second-order valence-electron chi connectivity index (χ2n) is 5.37. The molecule has 2 N–H and O–H groups in total. The van der Waals surface area contributed by atoms with Crippen molar-refractivity contribution in [2.24, 2.45) is 0 Å². The van der Waals surface area contributed by atoms with Crippen molar-refractivity contribution in [2.45, 2.75) is 6.18 Å². The lowest BCUT2D eigenvalue weighted by Gasteiger charge is -2.12. The molecule has 0 spiro atoms. The average Bonchev–Trinajstić information content (AvgIpc) is 2.60. The van der Waals surface area contributed by atoms with Crippen LogP contribution in [-0.2, 0) is 4.79 Å². The van der Waals surface area contributed by atoms with Gasteiger partial charge >= 0.3 is 12.1 Å². The Morgan fingerprint density at radius 2 is 1.89 bits per heavy atom. The highest BCUT2D eigenvalue weighted by molar-refractivity contribution is 5.98. The van der Waals surface area contributed by atoms with Gasteiger partial charge in [-0.05, 0) is 18.2 Å². The number of halogens is 3. The van der Waals surface area contributed by atoms with Crippen molar-refractivity contribution in [3.63, 3.8) is 0 Å². The van der Waals surface area contributed by atoms with Gasteiger partial charge in [-0.25, -0.2) is 4.98 Å². The number of benzene rings is 2. The number of hydrogen-bond acceptors (Lipinski definition) is 5. The molecule has 0 saturated carbocycles. The number of aromatic nitrogens is 2. The van der Waals surface area contributed by atoms with Crippen molar-refractivity contribution in [2.75, 3.05) is 5.32 Å². The minimum Gasteiger partial charge on any atom is -0.319 e. The number of nitrogens with one attached hydrogen (secondary N) is 2. The maximum atomic E-state index is 12.6. The van der Waals surface area contributed by atoms with Crippen LogP contribution in [0.3, 0.4) is 0 Å². The first-order valence-electron chi connectivity index (χ1n) is 7.33. The molecule has 3 rings (SSSR count). The second-order valence-corrected chi connectivity index (χ2v) is 5.37. The Balaban J connectivity index is 2.22. The minimum atomic E-state index is -5.18. The number of anilines is 1. The molecule has 0 bridgehead atoms. The highest BCUT2D eigenvalue weighted by atomic mass is 19.4. The van der Waals surface area contributed by atoms with Gasteiger partial charge in [0.15, 0.2) is 0 Å². The summed E-state index contributed by atoms with van der Waals surface area (Å²) in [5, 5.41) is 12.6. The summed E-state index contributed by atoms with van der Waals surface area (Å²) in [7, 11) is 0. The minimum absolute atomic E-state index is 0.311. The van der Waals surface area contributed by atoms with E-state index < -0.39 is 33.9 Å². The van der Waals surface area contributed by atoms with Gasteiger partial charge < -0.3 is 10.3 Å². The Bertz CT molecular complexity index is 1120. The Morgan fingerprint density at radius 3 is 2.56 bits per heavy atom. The summed E-state index contributed by atoms with van der Waals surface area (Å²) in [6.07, 6.45) is -5.18. The third-order valence-corrected chi connectivity index (χ3v) is 3.57. The number of non-ortho nitro benzene ring substituents is 1. The quantitative estimate of drug-likeness (QED) is 0.537. The number of alkyl halides is 3. The zero-order valence-corrected chi connectivity index (χ0v) is 13.2. The lowest BCUT2D eigenvalue weighted by atomic mass is 10.1. The van der Waals surface area contributed by atoms with Crippen molar-refractivity contribution in [3.8, 4) is 11.3 Å². The third-order valence-electron chi connectivity index (χ3n) is 3.57. The third kappa shape index (κ3) is 3.61. The zero-order chi connectivity index (χ0) is 19.8. The van der Waals surface area contributed by atoms with Gasteiger partial charge in [0.1, 0.15) is 5.69 Å². The molecule has 1 amide bonds. The molecule has 0 unspecified atom stereocenters. The molecule has 138 valence electrons. The van der Waals surface area contributed by atoms with Gasteiger partial charge in [-0.2, -0.15) is 13.2 Å². The number of carbonyl (C=O) groups excluding carboxylic acids is 1. The number of nitro groups is 1. The molecular weight excluding hydrogens is 369 g/mol. The van der Waals surface area contributed by atoms with E-state index in [-0.39, 0.29) is 11.3 Å². The Labute approximate surface area is 147 Å². The van der Waals surface area contributed by atoms with Crippen LogP contribution >= 0.6 is 0 Å². The highest BCUT2D eigenvalue weighted by Gasteiger charge is 2.39. The largest absolute Gasteiger partial charge is 0.471 e. The first-order valence-corrected chi connectivity index (χ1v) is 7.33. The number of para-hydroxylation sites is 2. The van der Waals surface area contributed by atoms with Crippen LogP contribution < -0.4 is 10.9 Å². The van der Waals surface area contributed by atoms with Crippen molar-refractivity contribution in [1.29, 1.82) is 0 Å². The van der Waals surface area contributed by atoms with Gasteiger partial charge in [0.25, 0.3) is 11.2 Å². The van der Waals surface area contributed by atoms with Gasteiger partial charge in [-0.15, -0.1) is 0 Å². The van der Waals surface area contributed by atoms with E-state index in [0.717, 1.165) is 18.2 Å². The van der Waals surface area contributed by atoms with Crippen molar-refractivity contribution < 1.29 is 22.9 Å². The van der Waals surface area contributed by atoms with E-state index >= 15 is 0 Å². The van der Waals surface area contributed by atoms with Gasteiger partial charge in [0.2, 0.25) is 0 Å². The molecule has 3 aromatic rings. The van der Waals surface area contributed by atoms with Gasteiger partial charge in [0.05, 0.1) is 21.6 Å². The Kier molecular flexibility index (Phi) is 4.35. The van der Waals surface area contributed by atoms with Crippen LogP contribution in [0.2, 0.25) is 0 Å². The predicted molar refractivity (Wildman–Crippen MR) is 89.1 cm³/mol. The molecule has 1 heterocycles. The maximum Gasteiger partial charge on any atom is 0.471 e. The molecule has 0 saturated heterocycles. The molecule has 0 radical (unpaired) electrons. The molecule has 11 heteroatoms. The number of aromatic amines is 1. The molecule has 8 nitrogen and oxygen atoms in total. The summed E-state index contributed by atoms with van der Waals surface area (Å²) < 4.78 is 37.7. The second kappa shape index (κ2) is 6.52. The fourth-order valence-electron chi connectivity index (χ4n) is 2.36. The van der Waals surface area contributed by atoms with E-state index in [1.807, 2.05) is 0 Å². The highest BCUT2D eigenvalue weighted by Crippen LogP contribution is 2.31. The number of rotatable bonds is 3. The number of nitro benzene ring substituents is 1. The number of carbonyl (C=O) groups is 1. The molecule has 0 aliphatic heterocycles. The fraction of sp³-hybridized carbons (Fsp3) is 0.0625. The molecule has 0 aliphatic carbocycles. The number of H-pyrrole nitrogens is 1. The first-order chi connectivity index (χ1) is 12.7. The normalized spacial score (nSPS) is 11.4. The van der Waals surface area contributed by atoms with E-state index in [1.54, 1.807) is 29.6 Å². The number of amides is 1. The van der Waals surface area contributed by atoms with Crippen molar-refractivity contribution in [1.82, 2.24) is 9.97 Å². The zero-order valence-electron chi connectivity index (χ0n) is 13.2. The van der Waals surface area contributed by atoms with Crippen molar-refractivity contribution in [3.05, 3.63) is 62.9 Å². The molecule has 2 aromatic carbocycles. The van der Waals surface area contributed by atoms with Gasteiger partial charge in [0, 0.05) is 17.7 Å². The molecule has 0 fully saturated rings. The van der Waals surface area contributed by atoms with Crippen LogP contribution in [0, 0.1) is 10.1 Å². The maximum absolute atomic E-state index is 12.6. The first kappa shape index (κ1) is 18.0. The van der Waals surface area contributed by atoms with E-state index in [9.17, 15) is 32.9 Å². The summed E-state index contributed by atoms with van der Waals surface area (Å²) in [5.41, 5.74) is -1.69. The smallest absolute Gasteiger partial charge is 0.319 e. The van der Waals surface area contributed by atoms with Crippen LogP contribution in [0.25, 0.3) is 22.3 Å². The number of hydrogen-bond donors (Lipinski definition) is 2. The average molecular weight is 378 g/mol. The topological polar surface area (TPSA) is 118 Å².